The zero-order valence-electron chi connectivity index (χ0n) is 7.37. The molecule has 0 spiro atoms. The quantitative estimate of drug-likeness (QED) is 0.275. The first-order chi connectivity index (χ1) is 5.29. The maximum Gasteiger partial charge on any atom is 1.00 e. The molecule has 1 aromatic carbocycles. The van der Waals surface area contributed by atoms with Crippen LogP contribution in [0.25, 0.3) is 6.08 Å². The van der Waals surface area contributed by atoms with Gasteiger partial charge in [0.2, 0.25) is 0 Å². The van der Waals surface area contributed by atoms with Crippen molar-refractivity contribution in [3.8, 4) is 0 Å². The minimum Gasteiger partial charge on any atom is -0.870 e. The maximum absolute atomic E-state index is 10.5. The Morgan fingerprint density at radius 1 is 1.33 bits per heavy atom. The molecule has 1 rings (SSSR count). The molecule has 1 aromatic rings. The minimum atomic E-state index is -0.0474. The van der Waals surface area contributed by atoms with Crippen LogP contribution in [0, 0.1) is 0 Å². The van der Waals surface area contributed by atoms with Gasteiger partial charge in [0.1, 0.15) is 0 Å². The molecule has 1 nitrogen and oxygen atoms in total. The average Bonchev–Trinajstić information content (AvgIpc) is 2.03. The van der Waals surface area contributed by atoms with E-state index in [1.54, 1.807) is 6.08 Å². The SMILES string of the molecule is CC([O-])=C=Cc1ccccc1.[Li+]. The summed E-state index contributed by atoms with van der Waals surface area (Å²) in [5.74, 6) is -0.0474. The van der Waals surface area contributed by atoms with Gasteiger partial charge >= 0.3 is 18.9 Å². The van der Waals surface area contributed by atoms with Gasteiger partial charge in [0.25, 0.3) is 0 Å². The van der Waals surface area contributed by atoms with Crippen LogP contribution in [0.3, 0.4) is 0 Å². The van der Waals surface area contributed by atoms with Crippen molar-refractivity contribution in [2.75, 3.05) is 0 Å². The Hall–Kier alpha value is -0.863. The van der Waals surface area contributed by atoms with Gasteiger partial charge in [-0.2, -0.15) is 0 Å². The molecule has 12 heavy (non-hydrogen) atoms. The van der Waals surface area contributed by atoms with E-state index in [0.717, 1.165) is 5.56 Å². The van der Waals surface area contributed by atoms with Crippen molar-refractivity contribution in [3.63, 3.8) is 0 Å². The zero-order valence-corrected chi connectivity index (χ0v) is 7.37. The van der Waals surface area contributed by atoms with Gasteiger partial charge in [0.15, 0.2) is 0 Å². The largest absolute Gasteiger partial charge is 1.00 e. The molecule has 0 saturated heterocycles. The van der Waals surface area contributed by atoms with Crippen LogP contribution in [0.1, 0.15) is 12.5 Å². The molecule has 0 aromatic heterocycles. The number of rotatable bonds is 1. The predicted octanol–water partition coefficient (Wildman–Crippen LogP) is -1.43. The molecule has 0 atom stereocenters. The van der Waals surface area contributed by atoms with E-state index in [0.29, 0.717) is 0 Å². The van der Waals surface area contributed by atoms with E-state index in [2.05, 4.69) is 5.73 Å². The van der Waals surface area contributed by atoms with Crippen LogP contribution >= 0.6 is 0 Å². The van der Waals surface area contributed by atoms with Crippen LogP contribution < -0.4 is 24.0 Å². The number of hydrogen-bond acceptors (Lipinski definition) is 1. The van der Waals surface area contributed by atoms with E-state index >= 15 is 0 Å². The van der Waals surface area contributed by atoms with E-state index in [1.165, 1.54) is 6.92 Å². The smallest absolute Gasteiger partial charge is 0.870 e. The van der Waals surface area contributed by atoms with Crippen LogP contribution in [0.2, 0.25) is 0 Å². The summed E-state index contributed by atoms with van der Waals surface area (Å²) >= 11 is 0. The van der Waals surface area contributed by atoms with E-state index < -0.39 is 0 Å². The first kappa shape index (κ1) is 11.1. The van der Waals surface area contributed by atoms with Gasteiger partial charge in [0.05, 0.1) is 0 Å². The fourth-order valence-electron chi connectivity index (χ4n) is 0.734. The summed E-state index contributed by atoms with van der Waals surface area (Å²) in [6.07, 6.45) is 1.68. The second-order valence-electron chi connectivity index (χ2n) is 2.26. The monoisotopic (exact) mass is 152 g/mol. The van der Waals surface area contributed by atoms with Crippen molar-refractivity contribution in [3.05, 3.63) is 47.4 Å². The third kappa shape index (κ3) is 4.11. The molecule has 2 heteroatoms. The van der Waals surface area contributed by atoms with Gasteiger partial charge in [-0.25, -0.2) is 0 Å². The Balaban J connectivity index is 0.00000121. The summed E-state index contributed by atoms with van der Waals surface area (Å²) in [5.41, 5.74) is 3.60. The predicted molar refractivity (Wildman–Crippen MR) is 43.6 cm³/mol. The molecular weight excluding hydrogens is 143 g/mol. The van der Waals surface area contributed by atoms with Gasteiger partial charge < -0.3 is 5.11 Å². The minimum absolute atomic E-state index is 0. The fraction of sp³-hybridized carbons (Fsp3) is 0.100. The van der Waals surface area contributed by atoms with E-state index in [9.17, 15) is 5.11 Å². The Kier molecular flexibility index (Phi) is 5.33. The standard InChI is InChI=1S/C10H10O.Li/c1-9(11)7-8-10-5-3-2-4-6-10;/h2-6,8,11H,1H3;/q;+1/p-1. The average molecular weight is 152 g/mol. The zero-order chi connectivity index (χ0) is 8.10. The van der Waals surface area contributed by atoms with Crippen molar-refractivity contribution in [1.82, 2.24) is 0 Å². The molecule has 0 amide bonds. The van der Waals surface area contributed by atoms with Gasteiger partial charge in [-0.05, 0) is 18.6 Å². The van der Waals surface area contributed by atoms with Crippen molar-refractivity contribution >= 4 is 6.08 Å². The molecule has 0 aliphatic heterocycles. The van der Waals surface area contributed by atoms with E-state index in [-0.39, 0.29) is 24.6 Å². The summed E-state index contributed by atoms with van der Waals surface area (Å²) < 4.78 is 0. The van der Waals surface area contributed by atoms with Crippen molar-refractivity contribution in [2.24, 2.45) is 0 Å². The molecule has 0 unspecified atom stereocenters. The number of hydrogen-bond donors (Lipinski definition) is 0. The van der Waals surface area contributed by atoms with Gasteiger partial charge in [-0.15, -0.1) is 5.73 Å². The Morgan fingerprint density at radius 2 is 1.92 bits per heavy atom. The second kappa shape index (κ2) is 5.75. The first-order valence-corrected chi connectivity index (χ1v) is 3.44. The van der Waals surface area contributed by atoms with Gasteiger partial charge in [-0.1, -0.05) is 36.1 Å². The Morgan fingerprint density at radius 3 is 2.42 bits per heavy atom. The maximum atomic E-state index is 10.5. The molecule has 0 saturated carbocycles. The normalized spacial score (nSPS) is 7.75. The topological polar surface area (TPSA) is 23.1 Å². The molecule has 0 radical (unpaired) electrons. The Bertz CT molecular complexity index is 280. The molecule has 0 aliphatic rings. The van der Waals surface area contributed by atoms with Crippen LogP contribution in [-0.4, -0.2) is 0 Å². The Labute approximate surface area is 84.6 Å². The van der Waals surface area contributed by atoms with Crippen LogP contribution in [0.4, 0.5) is 0 Å². The van der Waals surface area contributed by atoms with Crippen LogP contribution in [0.15, 0.2) is 41.8 Å². The third-order valence-corrected chi connectivity index (χ3v) is 1.24. The molecule has 0 bridgehead atoms. The molecular formula is C10H9LiO. The number of allylic oxidation sites excluding steroid dienone is 1. The van der Waals surface area contributed by atoms with Crippen molar-refractivity contribution in [1.29, 1.82) is 0 Å². The summed E-state index contributed by atoms with van der Waals surface area (Å²) in [6, 6.07) is 9.64. The molecule has 0 N–H and O–H groups in total. The third-order valence-electron chi connectivity index (χ3n) is 1.24. The van der Waals surface area contributed by atoms with Crippen molar-refractivity contribution in [2.45, 2.75) is 6.92 Å². The van der Waals surface area contributed by atoms with Gasteiger partial charge in [-0.3, -0.25) is 0 Å². The van der Waals surface area contributed by atoms with E-state index in [4.69, 9.17) is 0 Å². The summed E-state index contributed by atoms with van der Waals surface area (Å²) in [7, 11) is 0. The first-order valence-electron chi connectivity index (χ1n) is 3.44. The fourth-order valence-corrected chi connectivity index (χ4v) is 0.734. The number of benzene rings is 1. The molecule has 56 valence electrons. The molecule has 0 aliphatic carbocycles. The van der Waals surface area contributed by atoms with Crippen LogP contribution in [0.5, 0.6) is 0 Å². The van der Waals surface area contributed by atoms with Gasteiger partial charge in [0, 0.05) is 0 Å². The molecule has 0 heterocycles. The van der Waals surface area contributed by atoms with Crippen molar-refractivity contribution < 1.29 is 24.0 Å². The van der Waals surface area contributed by atoms with E-state index in [1.807, 2.05) is 30.3 Å². The molecule has 0 fully saturated rings. The summed E-state index contributed by atoms with van der Waals surface area (Å²) in [4.78, 5) is 0. The second-order valence-corrected chi connectivity index (χ2v) is 2.26. The van der Waals surface area contributed by atoms with Crippen LogP contribution in [-0.2, 0) is 0 Å². The summed E-state index contributed by atoms with van der Waals surface area (Å²) in [6.45, 7) is 1.49. The summed E-state index contributed by atoms with van der Waals surface area (Å²) in [5, 5.41) is 10.5.